The minimum Gasteiger partial charge on any atom is -0.497 e. The second kappa shape index (κ2) is 10.0. The second-order valence-electron chi connectivity index (χ2n) is 7.79. The molecular weight excluding hydrogens is 412 g/mol. The Morgan fingerprint density at radius 1 is 1.23 bits per heavy atom. The molecule has 1 atom stereocenters. The molecule has 1 amide bonds. The third-order valence-corrected chi connectivity index (χ3v) is 6.58. The van der Waals surface area contributed by atoms with E-state index in [1.807, 2.05) is 43.3 Å². The van der Waals surface area contributed by atoms with Crippen molar-refractivity contribution >= 4 is 17.7 Å². The number of nitrogens with zero attached hydrogens (tertiary/aromatic N) is 3. The molecular formula is C23H28N4O3S. The fraction of sp³-hybridized carbons (Fsp3) is 0.435. The van der Waals surface area contributed by atoms with Gasteiger partial charge in [-0.05, 0) is 56.2 Å². The Kier molecular flexibility index (Phi) is 6.96. The van der Waals surface area contributed by atoms with Crippen molar-refractivity contribution in [3.05, 3.63) is 48.4 Å². The first-order valence-corrected chi connectivity index (χ1v) is 11.7. The van der Waals surface area contributed by atoms with Crippen LogP contribution in [0.15, 0.2) is 52.2 Å². The van der Waals surface area contributed by atoms with E-state index in [1.54, 1.807) is 13.4 Å². The molecule has 0 bridgehead atoms. The Morgan fingerprint density at radius 2 is 2.00 bits per heavy atom. The summed E-state index contributed by atoms with van der Waals surface area (Å²) >= 11 is 1.43. The first-order chi connectivity index (χ1) is 15.2. The molecule has 0 saturated heterocycles. The van der Waals surface area contributed by atoms with Gasteiger partial charge in [0, 0.05) is 11.6 Å². The third-order valence-electron chi connectivity index (χ3n) is 5.63. The van der Waals surface area contributed by atoms with Crippen LogP contribution in [-0.2, 0) is 4.79 Å². The first-order valence-electron chi connectivity index (χ1n) is 10.7. The summed E-state index contributed by atoms with van der Waals surface area (Å²) in [6.45, 7) is 1.91. The van der Waals surface area contributed by atoms with Gasteiger partial charge in [0.2, 0.25) is 5.91 Å². The van der Waals surface area contributed by atoms with Crippen molar-refractivity contribution in [1.29, 1.82) is 0 Å². The van der Waals surface area contributed by atoms with Crippen LogP contribution < -0.4 is 10.1 Å². The standard InChI is InChI=1S/C23H28N4O3S/c1-16(20-9-6-14-30-20)24-21(28)15-31-23-26-25-22(17-10-12-19(29-2)13-11-17)27(23)18-7-4-3-5-8-18/h6,9-14,16,18H,3-5,7-8,15H2,1-2H3,(H,24,28). The summed E-state index contributed by atoms with van der Waals surface area (Å²) in [7, 11) is 1.66. The summed E-state index contributed by atoms with van der Waals surface area (Å²) in [4.78, 5) is 12.5. The average Bonchev–Trinajstić information content (AvgIpc) is 3.49. The fourth-order valence-electron chi connectivity index (χ4n) is 4.00. The van der Waals surface area contributed by atoms with Crippen LogP contribution in [0.2, 0.25) is 0 Å². The van der Waals surface area contributed by atoms with Crippen molar-refractivity contribution in [2.24, 2.45) is 0 Å². The molecule has 2 heterocycles. The topological polar surface area (TPSA) is 82.2 Å². The van der Waals surface area contributed by atoms with E-state index in [0.29, 0.717) is 6.04 Å². The largest absolute Gasteiger partial charge is 0.497 e. The van der Waals surface area contributed by atoms with E-state index in [0.717, 1.165) is 40.9 Å². The lowest BCUT2D eigenvalue weighted by Gasteiger charge is -2.25. The van der Waals surface area contributed by atoms with Gasteiger partial charge < -0.3 is 14.5 Å². The van der Waals surface area contributed by atoms with Crippen molar-refractivity contribution in [1.82, 2.24) is 20.1 Å². The Labute approximate surface area is 186 Å². The molecule has 0 aliphatic heterocycles. The van der Waals surface area contributed by atoms with E-state index < -0.39 is 0 Å². The quantitative estimate of drug-likeness (QED) is 0.495. The van der Waals surface area contributed by atoms with Crippen molar-refractivity contribution in [3.8, 4) is 17.1 Å². The van der Waals surface area contributed by atoms with Gasteiger partial charge >= 0.3 is 0 Å². The van der Waals surface area contributed by atoms with Gasteiger partial charge in [-0.15, -0.1) is 10.2 Å². The predicted octanol–water partition coefficient (Wildman–Crippen LogP) is 5.02. The third kappa shape index (κ3) is 5.12. The molecule has 1 aromatic carbocycles. The number of hydrogen-bond acceptors (Lipinski definition) is 6. The highest BCUT2D eigenvalue weighted by molar-refractivity contribution is 7.99. The fourth-order valence-corrected chi connectivity index (χ4v) is 4.82. The van der Waals surface area contributed by atoms with Crippen molar-refractivity contribution in [3.63, 3.8) is 0 Å². The molecule has 1 aliphatic rings. The first kappa shape index (κ1) is 21.5. The number of hydrogen-bond donors (Lipinski definition) is 1. The van der Waals surface area contributed by atoms with Gasteiger partial charge in [-0.3, -0.25) is 9.36 Å². The van der Waals surface area contributed by atoms with Gasteiger partial charge in [-0.2, -0.15) is 0 Å². The van der Waals surface area contributed by atoms with Crippen LogP contribution in [-0.4, -0.2) is 33.5 Å². The molecule has 164 valence electrons. The van der Waals surface area contributed by atoms with Gasteiger partial charge in [-0.25, -0.2) is 0 Å². The second-order valence-corrected chi connectivity index (χ2v) is 8.73. The summed E-state index contributed by atoms with van der Waals surface area (Å²) in [6, 6.07) is 11.8. The molecule has 1 aliphatic carbocycles. The van der Waals surface area contributed by atoms with E-state index in [4.69, 9.17) is 9.15 Å². The van der Waals surface area contributed by atoms with Gasteiger partial charge in [0.1, 0.15) is 11.5 Å². The number of carbonyl (C=O) groups is 1. The smallest absolute Gasteiger partial charge is 0.231 e. The predicted molar refractivity (Wildman–Crippen MR) is 120 cm³/mol. The molecule has 4 rings (SSSR count). The molecule has 3 aromatic rings. The van der Waals surface area contributed by atoms with E-state index in [2.05, 4.69) is 20.1 Å². The number of nitrogens with one attached hydrogen (secondary N) is 1. The van der Waals surface area contributed by atoms with Gasteiger partial charge in [0.25, 0.3) is 0 Å². The highest BCUT2D eigenvalue weighted by Crippen LogP contribution is 2.36. The molecule has 1 N–H and O–H groups in total. The molecule has 1 saturated carbocycles. The van der Waals surface area contributed by atoms with Crippen molar-refractivity contribution in [2.45, 2.75) is 56.3 Å². The lowest BCUT2D eigenvalue weighted by atomic mass is 9.95. The number of thioether (sulfide) groups is 1. The zero-order valence-electron chi connectivity index (χ0n) is 17.9. The van der Waals surface area contributed by atoms with E-state index in [9.17, 15) is 4.79 Å². The van der Waals surface area contributed by atoms with Gasteiger partial charge in [0.15, 0.2) is 11.0 Å². The van der Waals surface area contributed by atoms with Crippen LogP contribution in [0.4, 0.5) is 0 Å². The number of aromatic nitrogens is 3. The van der Waals surface area contributed by atoms with Gasteiger partial charge in [-0.1, -0.05) is 31.0 Å². The number of benzene rings is 1. The highest BCUT2D eigenvalue weighted by atomic mass is 32.2. The van der Waals surface area contributed by atoms with Crippen LogP contribution in [0.5, 0.6) is 5.75 Å². The number of ether oxygens (including phenoxy) is 1. The molecule has 0 radical (unpaired) electrons. The molecule has 7 nitrogen and oxygen atoms in total. The minimum absolute atomic E-state index is 0.0573. The maximum atomic E-state index is 12.5. The zero-order valence-corrected chi connectivity index (χ0v) is 18.7. The number of carbonyl (C=O) groups excluding carboxylic acids is 1. The maximum Gasteiger partial charge on any atom is 0.231 e. The van der Waals surface area contributed by atoms with Crippen LogP contribution in [0, 0.1) is 0 Å². The number of methoxy groups -OCH3 is 1. The molecule has 31 heavy (non-hydrogen) atoms. The number of rotatable bonds is 8. The Hall–Kier alpha value is -2.74. The summed E-state index contributed by atoms with van der Waals surface area (Å²) in [5.41, 5.74) is 1.00. The lowest BCUT2D eigenvalue weighted by Crippen LogP contribution is -2.28. The molecule has 1 fully saturated rings. The van der Waals surface area contributed by atoms with Gasteiger partial charge in [0.05, 0.1) is 25.2 Å². The number of furan rings is 1. The van der Waals surface area contributed by atoms with Crippen molar-refractivity contribution < 1.29 is 13.9 Å². The highest BCUT2D eigenvalue weighted by Gasteiger charge is 2.24. The summed E-state index contributed by atoms with van der Waals surface area (Å²) in [6.07, 6.45) is 7.51. The van der Waals surface area contributed by atoms with Crippen LogP contribution in [0.3, 0.4) is 0 Å². The van der Waals surface area contributed by atoms with Crippen LogP contribution in [0.1, 0.15) is 56.9 Å². The van der Waals surface area contributed by atoms with E-state index in [-0.39, 0.29) is 17.7 Å². The maximum absolute atomic E-state index is 12.5. The van der Waals surface area contributed by atoms with Crippen molar-refractivity contribution in [2.75, 3.05) is 12.9 Å². The van der Waals surface area contributed by atoms with E-state index in [1.165, 1.54) is 31.0 Å². The monoisotopic (exact) mass is 440 g/mol. The molecule has 2 aromatic heterocycles. The van der Waals surface area contributed by atoms with E-state index >= 15 is 0 Å². The Balaban J connectivity index is 1.51. The Bertz CT molecular complexity index is 979. The summed E-state index contributed by atoms with van der Waals surface area (Å²) in [5, 5.41) is 12.7. The summed E-state index contributed by atoms with van der Waals surface area (Å²) in [5.74, 6) is 2.62. The zero-order chi connectivity index (χ0) is 21.6. The summed E-state index contributed by atoms with van der Waals surface area (Å²) < 4.78 is 12.9. The average molecular weight is 441 g/mol. The normalized spacial score (nSPS) is 15.5. The minimum atomic E-state index is -0.172. The van der Waals surface area contributed by atoms with Crippen LogP contribution >= 0.6 is 11.8 Å². The van der Waals surface area contributed by atoms with Crippen LogP contribution in [0.25, 0.3) is 11.4 Å². The molecule has 1 unspecified atom stereocenters. The Morgan fingerprint density at radius 3 is 2.68 bits per heavy atom. The molecule has 8 heteroatoms. The molecule has 0 spiro atoms. The number of amides is 1. The lowest BCUT2D eigenvalue weighted by molar-refractivity contribution is -0.119. The SMILES string of the molecule is COc1ccc(-c2nnc(SCC(=O)NC(C)c3ccco3)n2C2CCCCC2)cc1.